The Labute approximate surface area is 173 Å². The van der Waals surface area contributed by atoms with Gasteiger partial charge in [0.2, 0.25) is 5.88 Å². The molecule has 0 radical (unpaired) electrons. The molecule has 0 bridgehead atoms. The third kappa shape index (κ3) is 4.00. The van der Waals surface area contributed by atoms with Crippen LogP contribution in [0.2, 0.25) is 0 Å². The minimum Gasteiger partial charge on any atom is -0.481 e. The minimum absolute atomic E-state index is 0.175. The van der Waals surface area contributed by atoms with Crippen LogP contribution in [0.4, 0.5) is 0 Å². The molecule has 2 aromatic heterocycles. The maximum absolute atomic E-state index is 13.2. The predicted octanol–water partition coefficient (Wildman–Crippen LogP) is 1.90. The fourth-order valence-corrected chi connectivity index (χ4v) is 3.57. The van der Waals surface area contributed by atoms with E-state index in [9.17, 15) is 9.59 Å². The zero-order valence-corrected chi connectivity index (χ0v) is 16.7. The maximum atomic E-state index is 13.2. The SMILES string of the molecule is COc1ccc(C(=O)N2C[C@@H](NC(=O)c3ccccc3)C[C@H]2c2n[nH]c(C)n2)cn1. The van der Waals surface area contributed by atoms with Crippen LogP contribution < -0.4 is 10.1 Å². The van der Waals surface area contributed by atoms with E-state index in [2.05, 4.69) is 25.5 Å². The number of carbonyl (C=O) groups is 2. The van der Waals surface area contributed by atoms with Crippen molar-refractivity contribution < 1.29 is 14.3 Å². The van der Waals surface area contributed by atoms with Gasteiger partial charge in [-0.1, -0.05) is 18.2 Å². The Morgan fingerprint density at radius 1 is 1.17 bits per heavy atom. The molecule has 30 heavy (non-hydrogen) atoms. The van der Waals surface area contributed by atoms with E-state index in [-0.39, 0.29) is 23.9 Å². The monoisotopic (exact) mass is 406 g/mol. The fourth-order valence-electron chi connectivity index (χ4n) is 3.57. The average molecular weight is 406 g/mol. The Kier molecular flexibility index (Phi) is 5.42. The lowest BCUT2D eigenvalue weighted by Crippen LogP contribution is -2.38. The van der Waals surface area contributed by atoms with E-state index in [4.69, 9.17) is 4.74 Å². The van der Waals surface area contributed by atoms with Crippen molar-refractivity contribution in [2.45, 2.75) is 25.4 Å². The van der Waals surface area contributed by atoms with Gasteiger partial charge in [0.1, 0.15) is 5.82 Å². The minimum atomic E-state index is -0.356. The normalized spacial score (nSPS) is 18.3. The van der Waals surface area contributed by atoms with Crippen molar-refractivity contribution in [2.75, 3.05) is 13.7 Å². The second-order valence-corrected chi connectivity index (χ2v) is 7.11. The molecule has 3 aromatic rings. The molecule has 3 heterocycles. The van der Waals surface area contributed by atoms with Gasteiger partial charge in [-0.2, -0.15) is 5.10 Å². The number of aryl methyl sites for hydroxylation is 1. The van der Waals surface area contributed by atoms with Gasteiger partial charge in [-0.05, 0) is 31.5 Å². The van der Waals surface area contributed by atoms with Crippen molar-refractivity contribution in [3.8, 4) is 5.88 Å². The lowest BCUT2D eigenvalue weighted by molar-refractivity contribution is 0.0724. The van der Waals surface area contributed by atoms with Crippen LogP contribution in [0, 0.1) is 6.92 Å². The van der Waals surface area contributed by atoms with Gasteiger partial charge in [-0.3, -0.25) is 14.7 Å². The summed E-state index contributed by atoms with van der Waals surface area (Å²) in [5, 5.41) is 10.1. The number of nitrogens with one attached hydrogen (secondary N) is 2. The van der Waals surface area contributed by atoms with E-state index in [1.165, 1.54) is 13.3 Å². The number of aromatic nitrogens is 4. The number of likely N-dealkylation sites (tertiary alicyclic amines) is 1. The number of hydrogen-bond acceptors (Lipinski definition) is 6. The summed E-state index contributed by atoms with van der Waals surface area (Å²) in [5.74, 6) is 1.25. The highest BCUT2D eigenvalue weighted by molar-refractivity contribution is 5.95. The molecule has 1 aliphatic rings. The number of carbonyl (C=O) groups excluding carboxylic acids is 2. The molecule has 2 N–H and O–H groups in total. The molecular weight excluding hydrogens is 384 g/mol. The molecule has 4 rings (SSSR count). The smallest absolute Gasteiger partial charge is 0.256 e. The molecule has 2 atom stereocenters. The molecule has 1 aromatic carbocycles. The molecule has 1 saturated heterocycles. The third-order valence-electron chi connectivity index (χ3n) is 5.04. The third-order valence-corrected chi connectivity index (χ3v) is 5.04. The Morgan fingerprint density at radius 2 is 1.97 bits per heavy atom. The van der Waals surface area contributed by atoms with Gasteiger partial charge in [0, 0.05) is 30.4 Å². The van der Waals surface area contributed by atoms with Crippen LogP contribution in [-0.4, -0.2) is 56.6 Å². The van der Waals surface area contributed by atoms with Crippen LogP contribution in [0.5, 0.6) is 5.88 Å². The Hall–Kier alpha value is -3.75. The number of amides is 2. The molecular formula is C21H22N6O3. The first-order valence-corrected chi connectivity index (χ1v) is 9.61. The molecule has 1 aliphatic heterocycles. The highest BCUT2D eigenvalue weighted by atomic mass is 16.5. The quantitative estimate of drug-likeness (QED) is 0.669. The highest BCUT2D eigenvalue weighted by Crippen LogP contribution is 2.32. The maximum Gasteiger partial charge on any atom is 0.256 e. The average Bonchev–Trinajstić information content (AvgIpc) is 3.40. The van der Waals surface area contributed by atoms with Gasteiger partial charge in [0.25, 0.3) is 11.8 Å². The number of nitrogens with zero attached hydrogens (tertiary/aromatic N) is 4. The zero-order valence-electron chi connectivity index (χ0n) is 16.7. The molecule has 0 saturated carbocycles. The van der Waals surface area contributed by atoms with Crippen molar-refractivity contribution in [3.05, 3.63) is 71.4 Å². The van der Waals surface area contributed by atoms with E-state index < -0.39 is 0 Å². The number of pyridine rings is 1. The summed E-state index contributed by atoms with van der Waals surface area (Å²) in [6.45, 7) is 2.15. The van der Waals surface area contributed by atoms with Crippen LogP contribution in [0.1, 0.15) is 44.8 Å². The van der Waals surface area contributed by atoms with Crippen LogP contribution in [0.25, 0.3) is 0 Å². The van der Waals surface area contributed by atoms with Gasteiger partial charge in [0.05, 0.1) is 18.7 Å². The summed E-state index contributed by atoms with van der Waals surface area (Å²) in [6.07, 6.45) is 2.00. The van der Waals surface area contributed by atoms with Crippen molar-refractivity contribution >= 4 is 11.8 Å². The second-order valence-electron chi connectivity index (χ2n) is 7.11. The standard InChI is InChI=1S/C21H22N6O3/c1-13-23-19(26-25-13)17-10-16(24-20(28)14-6-4-3-5-7-14)12-27(17)21(29)15-8-9-18(30-2)22-11-15/h3-9,11,16-17H,10,12H2,1-2H3,(H,24,28)(H,23,25,26)/t16-,17-/m0/s1. The topological polar surface area (TPSA) is 113 Å². The molecule has 0 unspecified atom stereocenters. The first kappa shape index (κ1) is 19.6. The number of H-pyrrole nitrogens is 1. The molecule has 2 amide bonds. The zero-order chi connectivity index (χ0) is 21.1. The summed E-state index contributed by atoms with van der Waals surface area (Å²) < 4.78 is 5.06. The van der Waals surface area contributed by atoms with Crippen LogP contribution in [0.15, 0.2) is 48.7 Å². The van der Waals surface area contributed by atoms with E-state index in [1.807, 2.05) is 18.2 Å². The largest absolute Gasteiger partial charge is 0.481 e. The Balaban J connectivity index is 1.56. The van der Waals surface area contributed by atoms with E-state index in [0.717, 1.165) is 0 Å². The molecule has 0 spiro atoms. The van der Waals surface area contributed by atoms with Crippen molar-refractivity contribution in [3.63, 3.8) is 0 Å². The predicted molar refractivity (Wildman–Crippen MR) is 108 cm³/mol. The summed E-state index contributed by atoms with van der Waals surface area (Å²) in [4.78, 5) is 36.0. The molecule has 0 aliphatic carbocycles. The number of benzene rings is 1. The van der Waals surface area contributed by atoms with Crippen molar-refractivity contribution in [2.24, 2.45) is 0 Å². The Bertz CT molecular complexity index is 1030. The van der Waals surface area contributed by atoms with Gasteiger partial charge >= 0.3 is 0 Å². The van der Waals surface area contributed by atoms with Crippen LogP contribution in [-0.2, 0) is 0 Å². The molecule has 1 fully saturated rings. The van der Waals surface area contributed by atoms with Gasteiger partial charge in [-0.15, -0.1) is 0 Å². The summed E-state index contributed by atoms with van der Waals surface area (Å²) in [6, 6.07) is 11.7. The number of rotatable bonds is 5. The second kappa shape index (κ2) is 8.32. The van der Waals surface area contributed by atoms with E-state index in [0.29, 0.717) is 41.6 Å². The number of hydrogen-bond donors (Lipinski definition) is 2. The Morgan fingerprint density at radius 3 is 2.60 bits per heavy atom. The summed E-state index contributed by atoms with van der Waals surface area (Å²) in [5.41, 5.74) is 1.01. The van der Waals surface area contributed by atoms with Crippen LogP contribution in [0.3, 0.4) is 0 Å². The van der Waals surface area contributed by atoms with E-state index >= 15 is 0 Å². The lowest BCUT2D eigenvalue weighted by Gasteiger charge is -2.22. The lowest BCUT2D eigenvalue weighted by atomic mass is 10.1. The number of ether oxygens (including phenoxy) is 1. The van der Waals surface area contributed by atoms with Gasteiger partial charge in [-0.25, -0.2) is 9.97 Å². The first-order valence-electron chi connectivity index (χ1n) is 9.61. The number of aromatic amines is 1. The first-order chi connectivity index (χ1) is 14.5. The molecule has 9 heteroatoms. The highest BCUT2D eigenvalue weighted by Gasteiger charge is 2.39. The van der Waals surface area contributed by atoms with Gasteiger partial charge in [0.15, 0.2) is 5.82 Å². The van der Waals surface area contributed by atoms with Crippen molar-refractivity contribution in [1.82, 2.24) is 30.4 Å². The fraction of sp³-hybridized carbons (Fsp3) is 0.286. The van der Waals surface area contributed by atoms with Gasteiger partial charge < -0.3 is 15.0 Å². The number of methoxy groups -OCH3 is 1. The molecule has 154 valence electrons. The summed E-state index contributed by atoms with van der Waals surface area (Å²) >= 11 is 0. The summed E-state index contributed by atoms with van der Waals surface area (Å²) in [7, 11) is 1.52. The van der Waals surface area contributed by atoms with Crippen LogP contribution >= 0.6 is 0 Å². The van der Waals surface area contributed by atoms with Crippen molar-refractivity contribution in [1.29, 1.82) is 0 Å². The van der Waals surface area contributed by atoms with E-state index in [1.54, 1.807) is 36.1 Å². The molecule has 9 nitrogen and oxygen atoms in total.